The molecule has 2 heterocycles. The molecule has 20 heavy (non-hydrogen) atoms. The third-order valence-electron chi connectivity index (χ3n) is 3.99. The van der Waals surface area contributed by atoms with Crippen LogP contribution in [0.5, 0.6) is 0 Å². The van der Waals surface area contributed by atoms with Gasteiger partial charge in [0.15, 0.2) is 0 Å². The van der Waals surface area contributed by atoms with E-state index in [1.807, 2.05) is 18.2 Å². The van der Waals surface area contributed by atoms with Crippen LogP contribution in [0.1, 0.15) is 25.3 Å². The van der Waals surface area contributed by atoms with E-state index in [1.54, 1.807) is 18.3 Å². The SMILES string of the molecule is CC1CCCN1Cc1cc(F)cc(-c2ccccn2)c1. The van der Waals surface area contributed by atoms with Gasteiger partial charge in [0, 0.05) is 24.3 Å². The van der Waals surface area contributed by atoms with E-state index in [2.05, 4.69) is 22.9 Å². The summed E-state index contributed by atoms with van der Waals surface area (Å²) in [5, 5.41) is 0. The fraction of sp³-hybridized carbons (Fsp3) is 0.353. The lowest BCUT2D eigenvalue weighted by Crippen LogP contribution is -2.26. The van der Waals surface area contributed by atoms with Gasteiger partial charge in [-0.1, -0.05) is 6.07 Å². The highest BCUT2D eigenvalue weighted by Crippen LogP contribution is 2.23. The van der Waals surface area contributed by atoms with Crippen LogP contribution in [0.25, 0.3) is 11.3 Å². The largest absolute Gasteiger partial charge is 0.296 e. The highest BCUT2D eigenvalue weighted by Gasteiger charge is 2.20. The molecule has 1 aliphatic heterocycles. The second-order valence-electron chi connectivity index (χ2n) is 5.52. The Bertz CT molecular complexity index is 583. The molecule has 104 valence electrons. The second-order valence-corrected chi connectivity index (χ2v) is 5.52. The molecule has 1 atom stereocenters. The van der Waals surface area contributed by atoms with Crippen molar-refractivity contribution in [1.29, 1.82) is 0 Å². The lowest BCUT2D eigenvalue weighted by Gasteiger charge is -2.21. The Labute approximate surface area is 119 Å². The molecule has 1 aliphatic rings. The van der Waals surface area contributed by atoms with E-state index >= 15 is 0 Å². The molecular formula is C17H19FN2. The first-order valence-electron chi connectivity index (χ1n) is 7.17. The van der Waals surface area contributed by atoms with Crippen LogP contribution < -0.4 is 0 Å². The Morgan fingerprint density at radius 2 is 2.20 bits per heavy atom. The maximum Gasteiger partial charge on any atom is 0.124 e. The topological polar surface area (TPSA) is 16.1 Å². The molecule has 3 rings (SSSR count). The van der Waals surface area contributed by atoms with Gasteiger partial charge in [0.2, 0.25) is 0 Å². The van der Waals surface area contributed by atoms with Crippen LogP contribution in [0.2, 0.25) is 0 Å². The van der Waals surface area contributed by atoms with Crippen LogP contribution in [0.15, 0.2) is 42.6 Å². The second kappa shape index (κ2) is 5.71. The maximum atomic E-state index is 13.8. The molecule has 2 nitrogen and oxygen atoms in total. The van der Waals surface area contributed by atoms with Gasteiger partial charge in [-0.05, 0) is 62.2 Å². The number of likely N-dealkylation sites (tertiary alicyclic amines) is 1. The normalized spacial score (nSPS) is 19.4. The summed E-state index contributed by atoms with van der Waals surface area (Å²) in [6.07, 6.45) is 4.22. The van der Waals surface area contributed by atoms with Crippen LogP contribution in [0, 0.1) is 5.82 Å². The Hall–Kier alpha value is -1.74. The van der Waals surface area contributed by atoms with E-state index in [9.17, 15) is 4.39 Å². The molecule has 0 bridgehead atoms. The highest BCUT2D eigenvalue weighted by atomic mass is 19.1. The third-order valence-corrected chi connectivity index (χ3v) is 3.99. The fourth-order valence-electron chi connectivity index (χ4n) is 2.89. The van der Waals surface area contributed by atoms with Gasteiger partial charge in [-0.3, -0.25) is 9.88 Å². The van der Waals surface area contributed by atoms with Crippen molar-refractivity contribution in [1.82, 2.24) is 9.88 Å². The van der Waals surface area contributed by atoms with Crippen LogP contribution in [-0.4, -0.2) is 22.5 Å². The summed E-state index contributed by atoms with van der Waals surface area (Å²) >= 11 is 0. The zero-order valence-electron chi connectivity index (χ0n) is 11.7. The summed E-state index contributed by atoms with van der Waals surface area (Å²) in [6, 6.07) is 11.5. The monoisotopic (exact) mass is 270 g/mol. The average Bonchev–Trinajstić information content (AvgIpc) is 2.85. The maximum absolute atomic E-state index is 13.8. The van der Waals surface area contributed by atoms with Crippen molar-refractivity contribution in [3.63, 3.8) is 0 Å². The van der Waals surface area contributed by atoms with Crippen molar-refractivity contribution in [2.75, 3.05) is 6.54 Å². The summed E-state index contributed by atoms with van der Waals surface area (Å²) < 4.78 is 13.8. The van der Waals surface area contributed by atoms with E-state index in [0.717, 1.165) is 29.9 Å². The van der Waals surface area contributed by atoms with E-state index in [4.69, 9.17) is 0 Å². The average molecular weight is 270 g/mol. The summed E-state index contributed by atoms with van der Waals surface area (Å²) in [4.78, 5) is 6.71. The first-order chi connectivity index (χ1) is 9.72. The van der Waals surface area contributed by atoms with Gasteiger partial charge >= 0.3 is 0 Å². The highest BCUT2D eigenvalue weighted by molar-refractivity contribution is 5.59. The minimum Gasteiger partial charge on any atom is -0.296 e. The molecule has 0 radical (unpaired) electrons. The van der Waals surface area contributed by atoms with Crippen LogP contribution in [0.3, 0.4) is 0 Å². The van der Waals surface area contributed by atoms with Gasteiger partial charge in [-0.25, -0.2) is 4.39 Å². The van der Waals surface area contributed by atoms with Crippen molar-refractivity contribution in [2.24, 2.45) is 0 Å². The van der Waals surface area contributed by atoms with Gasteiger partial charge in [0.05, 0.1) is 5.69 Å². The quantitative estimate of drug-likeness (QED) is 0.841. The van der Waals surface area contributed by atoms with Gasteiger partial charge < -0.3 is 0 Å². The minimum atomic E-state index is -0.185. The number of hydrogen-bond donors (Lipinski definition) is 0. The Balaban J connectivity index is 1.87. The predicted octanol–water partition coefficient (Wildman–Crippen LogP) is 3.87. The van der Waals surface area contributed by atoms with Crippen molar-refractivity contribution in [3.8, 4) is 11.3 Å². The van der Waals surface area contributed by atoms with Crippen LogP contribution in [-0.2, 0) is 6.54 Å². The third kappa shape index (κ3) is 2.88. The molecule has 0 aliphatic carbocycles. The number of aromatic nitrogens is 1. The summed E-state index contributed by atoms with van der Waals surface area (Å²) in [6.45, 7) is 4.17. The molecule has 3 heteroatoms. The smallest absolute Gasteiger partial charge is 0.124 e. The van der Waals surface area contributed by atoms with Crippen LogP contribution >= 0.6 is 0 Å². The zero-order valence-corrected chi connectivity index (χ0v) is 11.7. The van der Waals surface area contributed by atoms with Crippen molar-refractivity contribution < 1.29 is 4.39 Å². The fourth-order valence-corrected chi connectivity index (χ4v) is 2.89. The molecule has 0 N–H and O–H groups in total. The van der Waals surface area contributed by atoms with E-state index in [-0.39, 0.29) is 5.82 Å². The molecule has 1 saturated heterocycles. The first kappa shape index (κ1) is 13.3. The van der Waals surface area contributed by atoms with Crippen molar-refractivity contribution in [2.45, 2.75) is 32.4 Å². The summed E-state index contributed by atoms with van der Waals surface area (Å²) in [5.41, 5.74) is 2.70. The summed E-state index contributed by atoms with van der Waals surface area (Å²) in [7, 11) is 0. The predicted molar refractivity (Wildman–Crippen MR) is 78.7 cm³/mol. The number of hydrogen-bond acceptors (Lipinski definition) is 2. The van der Waals surface area contributed by atoms with Gasteiger partial charge in [0.1, 0.15) is 5.82 Å². The number of halogens is 1. The van der Waals surface area contributed by atoms with E-state index in [1.165, 1.54) is 12.8 Å². The standard InChI is InChI=1S/C17H19FN2/c1-13-5-4-8-20(13)12-14-9-15(11-16(18)10-14)17-6-2-3-7-19-17/h2-3,6-7,9-11,13H,4-5,8,12H2,1H3. The molecule has 0 spiro atoms. The molecule has 2 aromatic rings. The summed E-state index contributed by atoms with van der Waals surface area (Å²) in [5.74, 6) is -0.185. The lowest BCUT2D eigenvalue weighted by molar-refractivity contribution is 0.260. The number of rotatable bonds is 3. The van der Waals surface area contributed by atoms with Gasteiger partial charge in [0.25, 0.3) is 0 Å². The molecule has 0 saturated carbocycles. The Morgan fingerprint density at radius 3 is 2.90 bits per heavy atom. The van der Waals surface area contributed by atoms with E-state index < -0.39 is 0 Å². The van der Waals surface area contributed by atoms with Gasteiger partial charge in [-0.15, -0.1) is 0 Å². The molecular weight excluding hydrogens is 251 g/mol. The van der Waals surface area contributed by atoms with Crippen LogP contribution in [0.4, 0.5) is 4.39 Å². The van der Waals surface area contributed by atoms with Crippen molar-refractivity contribution in [3.05, 3.63) is 54.0 Å². The number of nitrogens with zero attached hydrogens (tertiary/aromatic N) is 2. The Morgan fingerprint density at radius 1 is 1.30 bits per heavy atom. The molecule has 1 unspecified atom stereocenters. The van der Waals surface area contributed by atoms with Gasteiger partial charge in [-0.2, -0.15) is 0 Å². The Kier molecular flexibility index (Phi) is 3.79. The molecule has 1 fully saturated rings. The molecule has 1 aromatic carbocycles. The lowest BCUT2D eigenvalue weighted by atomic mass is 10.1. The first-order valence-corrected chi connectivity index (χ1v) is 7.17. The zero-order chi connectivity index (χ0) is 13.9. The van der Waals surface area contributed by atoms with Crippen molar-refractivity contribution >= 4 is 0 Å². The van der Waals surface area contributed by atoms with E-state index in [0.29, 0.717) is 6.04 Å². The minimum absolute atomic E-state index is 0.185. The molecule has 1 aromatic heterocycles. The number of pyridine rings is 1. The number of benzene rings is 1. The molecule has 0 amide bonds.